The maximum atomic E-state index is 14.5. The van der Waals surface area contributed by atoms with Crippen LogP contribution in [-0.4, -0.2) is 34.3 Å². The maximum absolute atomic E-state index is 14.5. The van der Waals surface area contributed by atoms with Crippen LogP contribution in [0.2, 0.25) is 0 Å². The first kappa shape index (κ1) is 15.8. The Hall–Kier alpha value is -0.740. The minimum absolute atomic E-state index is 0.113. The highest BCUT2D eigenvalue weighted by Crippen LogP contribution is 2.60. The zero-order valence-corrected chi connectivity index (χ0v) is 13.6. The molecule has 23 heavy (non-hydrogen) atoms. The lowest BCUT2D eigenvalue weighted by molar-refractivity contribution is -0.0588. The molecule has 4 aliphatic carbocycles. The van der Waals surface area contributed by atoms with Crippen molar-refractivity contribution >= 4 is 0 Å². The molecule has 2 N–H and O–H groups in total. The van der Waals surface area contributed by atoms with Crippen molar-refractivity contribution in [2.45, 2.75) is 75.9 Å². The molecule has 0 aromatic carbocycles. The molecule has 2 fully saturated rings. The van der Waals surface area contributed by atoms with Crippen LogP contribution in [0.3, 0.4) is 0 Å². The van der Waals surface area contributed by atoms with Crippen LogP contribution < -0.4 is 0 Å². The Morgan fingerprint density at radius 1 is 1.22 bits per heavy atom. The molecule has 4 heteroatoms. The van der Waals surface area contributed by atoms with Gasteiger partial charge in [-0.25, -0.2) is 8.78 Å². The lowest BCUT2D eigenvalue weighted by atomic mass is 9.61. The summed E-state index contributed by atoms with van der Waals surface area (Å²) in [5.74, 6) is 0.0332. The number of halogens is 2. The molecule has 0 spiro atoms. The highest BCUT2D eigenvalue weighted by atomic mass is 19.2. The summed E-state index contributed by atoms with van der Waals surface area (Å²) in [6.45, 7) is 1.79. The van der Waals surface area contributed by atoms with Crippen molar-refractivity contribution < 1.29 is 19.0 Å². The Kier molecular flexibility index (Phi) is 3.51. The minimum Gasteiger partial charge on any atom is -0.393 e. The highest BCUT2D eigenvalue weighted by molar-refractivity contribution is 5.40. The van der Waals surface area contributed by atoms with Gasteiger partial charge in [0.1, 0.15) is 12.3 Å². The molecule has 128 valence electrons. The van der Waals surface area contributed by atoms with Crippen molar-refractivity contribution in [3.63, 3.8) is 0 Å². The zero-order chi connectivity index (χ0) is 16.4. The van der Waals surface area contributed by atoms with Crippen molar-refractivity contribution in [1.29, 1.82) is 0 Å². The summed E-state index contributed by atoms with van der Waals surface area (Å²) < 4.78 is 28.5. The van der Waals surface area contributed by atoms with E-state index in [1.165, 1.54) is 5.57 Å². The van der Waals surface area contributed by atoms with E-state index in [4.69, 9.17) is 0 Å². The summed E-state index contributed by atoms with van der Waals surface area (Å²) >= 11 is 0. The van der Waals surface area contributed by atoms with Crippen molar-refractivity contribution in [3.8, 4) is 0 Å². The third kappa shape index (κ3) is 2.17. The van der Waals surface area contributed by atoms with Gasteiger partial charge in [-0.05, 0) is 56.4 Å². The second-order valence-corrected chi connectivity index (χ2v) is 8.39. The monoisotopic (exact) mass is 324 g/mol. The fourth-order valence-electron chi connectivity index (χ4n) is 5.65. The first-order valence-corrected chi connectivity index (χ1v) is 8.94. The highest BCUT2D eigenvalue weighted by Gasteiger charge is 2.62. The molecule has 0 bridgehead atoms. The Labute approximate surface area is 136 Å². The van der Waals surface area contributed by atoms with Crippen LogP contribution in [0.4, 0.5) is 8.78 Å². The molecular weight excluding hydrogens is 298 g/mol. The van der Waals surface area contributed by atoms with Gasteiger partial charge in [-0.2, -0.15) is 0 Å². The van der Waals surface area contributed by atoms with Gasteiger partial charge in [-0.15, -0.1) is 0 Å². The van der Waals surface area contributed by atoms with E-state index in [0.717, 1.165) is 24.8 Å². The first-order valence-electron chi connectivity index (χ1n) is 8.94. The lowest BCUT2D eigenvalue weighted by Crippen LogP contribution is -2.49. The molecule has 0 heterocycles. The second-order valence-electron chi connectivity index (χ2n) is 8.39. The first-order chi connectivity index (χ1) is 10.8. The van der Waals surface area contributed by atoms with Crippen LogP contribution >= 0.6 is 0 Å². The largest absolute Gasteiger partial charge is 0.393 e. The summed E-state index contributed by atoms with van der Waals surface area (Å²) in [6.07, 6.45) is 5.12. The maximum Gasteiger partial charge on any atom is 0.137 e. The van der Waals surface area contributed by atoms with Crippen molar-refractivity contribution in [1.82, 2.24) is 0 Å². The number of alkyl halides is 2. The van der Waals surface area contributed by atoms with Crippen molar-refractivity contribution in [2.75, 3.05) is 0 Å². The molecule has 0 aromatic rings. The molecule has 0 saturated heterocycles. The molecular formula is C19H26F2O2. The third-order valence-corrected chi connectivity index (χ3v) is 7.10. The van der Waals surface area contributed by atoms with Crippen molar-refractivity contribution in [2.24, 2.45) is 17.3 Å². The van der Waals surface area contributed by atoms with E-state index < -0.39 is 23.4 Å². The quantitative estimate of drug-likeness (QED) is 0.714. The third-order valence-electron chi connectivity index (χ3n) is 7.10. The average Bonchev–Trinajstić information content (AvgIpc) is 2.67. The number of rotatable bonds is 0. The molecule has 0 amide bonds. The summed E-state index contributed by atoms with van der Waals surface area (Å²) in [4.78, 5) is 0. The molecule has 0 radical (unpaired) electrons. The molecule has 0 aliphatic heterocycles. The van der Waals surface area contributed by atoms with Crippen LogP contribution in [0.15, 0.2) is 23.3 Å². The van der Waals surface area contributed by atoms with E-state index in [1.807, 2.05) is 12.2 Å². The van der Waals surface area contributed by atoms with Gasteiger partial charge in [-0.1, -0.05) is 24.6 Å². The topological polar surface area (TPSA) is 40.5 Å². The second kappa shape index (κ2) is 5.13. The minimum atomic E-state index is -1.49. The summed E-state index contributed by atoms with van der Waals surface area (Å²) in [5.41, 5.74) is 0.132. The Balaban J connectivity index is 1.74. The number of hydrogen-bond donors (Lipinski definition) is 2. The van der Waals surface area contributed by atoms with Crippen LogP contribution in [0, 0.1) is 17.3 Å². The van der Waals surface area contributed by atoms with Crippen LogP contribution in [0.25, 0.3) is 0 Å². The molecule has 6 unspecified atom stereocenters. The summed E-state index contributed by atoms with van der Waals surface area (Å²) in [6, 6.07) is 0. The predicted octanol–water partition coefficient (Wildman–Crippen LogP) is 3.63. The van der Waals surface area contributed by atoms with Gasteiger partial charge in [0.2, 0.25) is 0 Å². The summed E-state index contributed by atoms with van der Waals surface area (Å²) in [5, 5.41) is 21.4. The van der Waals surface area contributed by atoms with Gasteiger partial charge >= 0.3 is 0 Å². The van der Waals surface area contributed by atoms with Crippen LogP contribution in [-0.2, 0) is 0 Å². The predicted molar refractivity (Wildman–Crippen MR) is 84.3 cm³/mol. The van der Waals surface area contributed by atoms with E-state index in [-0.39, 0.29) is 18.4 Å². The smallest absolute Gasteiger partial charge is 0.137 e. The van der Waals surface area contributed by atoms with Crippen LogP contribution in [0.1, 0.15) is 51.9 Å². The van der Waals surface area contributed by atoms with Gasteiger partial charge in [0.05, 0.1) is 11.7 Å². The van der Waals surface area contributed by atoms with E-state index in [2.05, 4.69) is 0 Å². The molecule has 4 rings (SSSR count). The Bertz CT molecular complexity index is 572. The molecule has 2 nitrogen and oxygen atoms in total. The van der Waals surface area contributed by atoms with Gasteiger partial charge in [0.25, 0.3) is 0 Å². The fraction of sp³-hybridized carbons (Fsp3) is 0.789. The zero-order valence-electron chi connectivity index (χ0n) is 13.6. The van der Waals surface area contributed by atoms with Gasteiger partial charge < -0.3 is 10.2 Å². The standard InChI is InChI=1S/C19H26F2O2/c1-18-6-5-13-8-12-9-14(22)3-2-11(12)4-7-19(13,23)16(18)10-15(20)17(18)21/h5,8,11,14-17,22-23H,2-4,6-7,9-10H2,1H3/t11?,14?,15?,16?,17?,18?,19-/m1/s1. The average molecular weight is 324 g/mol. The molecule has 7 atom stereocenters. The van der Waals surface area contributed by atoms with E-state index in [1.54, 1.807) is 6.92 Å². The fourth-order valence-corrected chi connectivity index (χ4v) is 5.65. The number of fused-ring (bicyclic) bond motifs is 4. The van der Waals surface area contributed by atoms with Gasteiger partial charge in [0, 0.05) is 11.3 Å². The number of allylic oxidation sites excluding steroid dienone is 1. The van der Waals surface area contributed by atoms with Crippen molar-refractivity contribution in [3.05, 3.63) is 23.3 Å². The number of aliphatic hydroxyl groups excluding tert-OH is 1. The van der Waals surface area contributed by atoms with E-state index in [0.29, 0.717) is 25.2 Å². The van der Waals surface area contributed by atoms with Gasteiger partial charge in [0.15, 0.2) is 0 Å². The normalized spacial score (nSPS) is 52.7. The SMILES string of the molecule is CC12CC=C3C=C4CC(O)CCC4CC[C@]3(O)C1CC(F)C2F. The molecule has 0 aromatic heterocycles. The molecule has 4 aliphatic rings. The number of aliphatic hydroxyl groups is 2. The van der Waals surface area contributed by atoms with E-state index >= 15 is 0 Å². The Morgan fingerprint density at radius 3 is 2.78 bits per heavy atom. The van der Waals surface area contributed by atoms with E-state index in [9.17, 15) is 19.0 Å². The van der Waals surface area contributed by atoms with Gasteiger partial charge in [-0.3, -0.25) is 0 Å². The molecule has 2 saturated carbocycles. The summed E-state index contributed by atoms with van der Waals surface area (Å²) in [7, 11) is 0. The number of hydrogen-bond acceptors (Lipinski definition) is 2. The van der Waals surface area contributed by atoms with Crippen LogP contribution in [0.5, 0.6) is 0 Å². The Morgan fingerprint density at radius 2 is 2.00 bits per heavy atom. The lowest BCUT2D eigenvalue weighted by Gasteiger charge is -2.47.